The second-order valence-electron chi connectivity index (χ2n) is 7.44. The van der Waals surface area contributed by atoms with Crippen molar-refractivity contribution in [1.29, 1.82) is 0 Å². The third kappa shape index (κ3) is 5.78. The molecule has 0 aliphatic rings. The maximum Gasteiger partial charge on any atom is 0.410 e. The van der Waals surface area contributed by atoms with Crippen LogP contribution in [0, 0.1) is 11.8 Å². The Morgan fingerprint density at radius 3 is 2.33 bits per heavy atom. The fourth-order valence-corrected chi connectivity index (χ4v) is 3.75. The van der Waals surface area contributed by atoms with E-state index < -0.39 is 11.6 Å². The maximum absolute atomic E-state index is 12.4. The lowest BCUT2D eigenvalue weighted by atomic mass is 9.88. The van der Waals surface area contributed by atoms with E-state index in [4.69, 9.17) is 9.84 Å². The van der Waals surface area contributed by atoms with Crippen molar-refractivity contribution in [3.8, 4) is 0 Å². The van der Waals surface area contributed by atoms with Gasteiger partial charge < -0.3 is 14.7 Å². The topological polar surface area (TPSA) is 79.7 Å². The van der Waals surface area contributed by atoms with Crippen LogP contribution >= 0.6 is 11.3 Å². The first-order valence-corrected chi connectivity index (χ1v) is 8.94. The van der Waals surface area contributed by atoms with E-state index in [2.05, 4.69) is 18.8 Å². The van der Waals surface area contributed by atoms with Crippen LogP contribution in [-0.4, -0.2) is 45.7 Å². The summed E-state index contributed by atoms with van der Waals surface area (Å²) in [7, 11) is 1.75. The number of hydrogen-bond acceptors (Lipinski definition) is 5. The third-order valence-corrected chi connectivity index (χ3v) is 4.53. The van der Waals surface area contributed by atoms with E-state index in [9.17, 15) is 9.59 Å². The van der Waals surface area contributed by atoms with Gasteiger partial charge in [-0.25, -0.2) is 14.6 Å². The smallest absolute Gasteiger partial charge is 0.410 e. The van der Waals surface area contributed by atoms with Crippen LogP contribution in [0.5, 0.6) is 0 Å². The molecule has 0 bridgehead atoms. The first kappa shape index (κ1) is 20.4. The molecule has 0 aliphatic heterocycles. The summed E-state index contributed by atoms with van der Waals surface area (Å²) in [5.74, 6) is -0.664. The molecule has 1 aromatic heterocycles. The van der Waals surface area contributed by atoms with E-state index in [-0.39, 0.29) is 29.7 Å². The number of carbonyl (C=O) groups excluding carboxylic acids is 1. The van der Waals surface area contributed by atoms with Crippen LogP contribution in [0.2, 0.25) is 0 Å². The van der Waals surface area contributed by atoms with Crippen molar-refractivity contribution in [2.24, 2.45) is 11.8 Å². The highest BCUT2D eigenvalue weighted by atomic mass is 32.1. The largest absolute Gasteiger partial charge is 0.476 e. The lowest BCUT2D eigenvalue weighted by Gasteiger charge is -2.36. The highest BCUT2D eigenvalue weighted by Crippen LogP contribution is 2.25. The zero-order valence-corrected chi connectivity index (χ0v) is 16.3. The highest BCUT2D eigenvalue weighted by Gasteiger charge is 2.31. The van der Waals surface area contributed by atoms with Gasteiger partial charge in [0.1, 0.15) is 5.60 Å². The summed E-state index contributed by atoms with van der Waals surface area (Å²) in [6, 6.07) is -0.0305. The number of carboxylic acids is 1. The van der Waals surface area contributed by atoms with Gasteiger partial charge in [-0.3, -0.25) is 0 Å². The van der Waals surface area contributed by atoms with Crippen molar-refractivity contribution in [3.05, 3.63) is 16.1 Å². The second-order valence-corrected chi connectivity index (χ2v) is 8.38. The van der Waals surface area contributed by atoms with E-state index >= 15 is 0 Å². The van der Waals surface area contributed by atoms with Crippen LogP contribution in [-0.2, 0) is 11.2 Å². The summed E-state index contributed by atoms with van der Waals surface area (Å²) >= 11 is 1.34. The quantitative estimate of drug-likeness (QED) is 0.836. The number of carboxylic acid groups (broad SMARTS) is 1. The summed E-state index contributed by atoms with van der Waals surface area (Å²) in [4.78, 5) is 29.1. The SMILES string of the molecule is CC(C)[C@@H](C(C)Cc1nc(C(=O)O)cs1)N(C)C(=O)OC(C)(C)C. The molecule has 24 heavy (non-hydrogen) atoms. The van der Waals surface area contributed by atoms with E-state index in [0.717, 1.165) is 5.01 Å². The van der Waals surface area contributed by atoms with Crippen LogP contribution in [0.25, 0.3) is 0 Å². The van der Waals surface area contributed by atoms with E-state index in [1.54, 1.807) is 17.3 Å². The maximum atomic E-state index is 12.4. The summed E-state index contributed by atoms with van der Waals surface area (Å²) in [6.07, 6.45) is 0.270. The van der Waals surface area contributed by atoms with Gasteiger partial charge in [0.2, 0.25) is 0 Å². The van der Waals surface area contributed by atoms with Crippen LogP contribution in [0.15, 0.2) is 5.38 Å². The summed E-state index contributed by atoms with van der Waals surface area (Å²) in [5, 5.41) is 11.3. The third-order valence-electron chi connectivity index (χ3n) is 3.66. The Morgan fingerprint density at radius 1 is 1.33 bits per heavy atom. The molecule has 1 heterocycles. The summed E-state index contributed by atoms with van der Waals surface area (Å²) in [5.41, 5.74) is -0.467. The average molecular weight is 356 g/mol. The fraction of sp³-hybridized carbons (Fsp3) is 0.706. The molecular weight excluding hydrogens is 328 g/mol. The standard InChI is InChI=1S/C17H28N2O4S/c1-10(2)14(19(7)16(22)23-17(4,5)6)11(3)8-13-18-12(9-24-13)15(20)21/h9-11,14H,8H2,1-7H3,(H,20,21)/t11?,14-/m0/s1. The van der Waals surface area contributed by atoms with Crippen LogP contribution in [0.4, 0.5) is 4.79 Å². The number of rotatable bonds is 6. The monoisotopic (exact) mass is 356 g/mol. The molecule has 1 unspecified atom stereocenters. The number of ether oxygens (including phenoxy) is 1. The normalized spacial score (nSPS) is 14.3. The average Bonchev–Trinajstić information content (AvgIpc) is 2.84. The second kappa shape index (κ2) is 7.96. The number of carbonyl (C=O) groups is 2. The molecule has 1 aromatic rings. The van der Waals surface area contributed by atoms with Crippen LogP contribution < -0.4 is 0 Å². The van der Waals surface area contributed by atoms with Gasteiger partial charge in [0, 0.05) is 24.9 Å². The molecule has 1 amide bonds. The van der Waals surface area contributed by atoms with E-state index in [1.165, 1.54) is 11.3 Å². The molecule has 0 radical (unpaired) electrons. The van der Waals surface area contributed by atoms with Crippen molar-refractivity contribution < 1.29 is 19.4 Å². The van der Waals surface area contributed by atoms with E-state index in [1.807, 2.05) is 27.7 Å². The predicted octanol–water partition coefficient (Wildman–Crippen LogP) is 3.91. The zero-order valence-electron chi connectivity index (χ0n) is 15.5. The lowest BCUT2D eigenvalue weighted by Crippen LogP contribution is -2.47. The molecule has 0 saturated heterocycles. The van der Waals surface area contributed by atoms with Gasteiger partial charge in [-0.2, -0.15) is 0 Å². The minimum atomic E-state index is -1.02. The zero-order chi connectivity index (χ0) is 18.7. The van der Waals surface area contributed by atoms with Gasteiger partial charge in [-0.1, -0.05) is 20.8 Å². The minimum Gasteiger partial charge on any atom is -0.476 e. The number of thiazole rings is 1. The van der Waals surface area contributed by atoms with Crippen molar-refractivity contribution in [2.75, 3.05) is 7.05 Å². The first-order valence-electron chi connectivity index (χ1n) is 8.06. The number of aromatic carboxylic acids is 1. The number of hydrogen-bond donors (Lipinski definition) is 1. The predicted molar refractivity (Wildman–Crippen MR) is 94.6 cm³/mol. The molecule has 1 N–H and O–H groups in total. The summed E-state index contributed by atoms with van der Waals surface area (Å²) in [6.45, 7) is 11.7. The Bertz CT molecular complexity index is 577. The Kier molecular flexibility index (Phi) is 6.77. The van der Waals surface area contributed by atoms with Gasteiger partial charge in [0.15, 0.2) is 5.69 Å². The highest BCUT2D eigenvalue weighted by molar-refractivity contribution is 7.09. The molecule has 136 valence electrons. The Hall–Kier alpha value is -1.63. The van der Waals surface area contributed by atoms with Gasteiger partial charge in [0.25, 0.3) is 0 Å². The molecule has 1 rings (SSSR count). The number of amides is 1. The van der Waals surface area contributed by atoms with Gasteiger partial charge in [-0.05, 0) is 32.6 Å². The molecule has 0 aliphatic carbocycles. The molecule has 6 nitrogen and oxygen atoms in total. The number of nitrogens with zero attached hydrogens (tertiary/aromatic N) is 2. The lowest BCUT2D eigenvalue weighted by molar-refractivity contribution is 0.0112. The molecular formula is C17H28N2O4S. The Morgan fingerprint density at radius 2 is 1.92 bits per heavy atom. The molecule has 0 spiro atoms. The van der Waals surface area contributed by atoms with E-state index in [0.29, 0.717) is 6.42 Å². The van der Waals surface area contributed by atoms with Crippen molar-refractivity contribution >= 4 is 23.4 Å². The molecule has 0 saturated carbocycles. The molecule has 0 aromatic carbocycles. The molecule has 0 fully saturated rings. The minimum absolute atomic E-state index is 0.0305. The van der Waals surface area contributed by atoms with Crippen molar-refractivity contribution in [1.82, 2.24) is 9.88 Å². The summed E-state index contributed by atoms with van der Waals surface area (Å²) < 4.78 is 5.46. The van der Waals surface area contributed by atoms with Gasteiger partial charge in [-0.15, -0.1) is 11.3 Å². The van der Waals surface area contributed by atoms with Gasteiger partial charge in [0.05, 0.1) is 5.01 Å². The number of aromatic nitrogens is 1. The molecule has 2 atom stereocenters. The fourth-order valence-electron chi connectivity index (χ4n) is 2.84. The Labute approximate surface area is 147 Å². The van der Waals surface area contributed by atoms with Crippen LogP contribution in [0.1, 0.15) is 57.0 Å². The Balaban J connectivity index is 2.85. The first-order chi connectivity index (χ1) is 10.9. The van der Waals surface area contributed by atoms with Crippen molar-refractivity contribution in [3.63, 3.8) is 0 Å². The molecule has 7 heteroatoms. The van der Waals surface area contributed by atoms with Crippen molar-refractivity contribution in [2.45, 2.75) is 59.6 Å². The van der Waals surface area contributed by atoms with Gasteiger partial charge >= 0.3 is 12.1 Å². The van der Waals surface area contributed by atoms with Crippen LogP contribution in [0.3, 0.4) is 0 Å².